The number of rotatable bonds is 4. The van der Waals surface area contributed by atoms with E-state index in [0.717, 1.165) is 31.4 Å². The van der Waals surface area contributed by atoms with Crippen molar-refractivity contribution in [1.82, 2.24) is 9.88 Å². The number of nitrogens with one attached hydrogen (secondary N) is 1. The van der Waals surface area contributed by atoms with Crippen LogP contribution in [0.25, 0.3) is 0 Å². The Kier molecular flexibility index (Phi) is 5.71. The molecule has 7 heteroatoms. The van der Waals surface area contributed by atoms with E-state index in [1.807, 2.05) is 5.38 Å². The molecule has 1 fully saturated rings. The molecule has 1 aromatic carbocycles. The van der Waals surface area contributed by atoms with E-state index in [-0.39, 0.29) is 10.6 Å². The molecule has 1 aromatic heterocycles. The molecule has 1 aliphatic heterocycles. The quantitative estimate of drug-likeness (QED) is 0.837. The lowest BCUT2D eigenvalue weighted by atomic mass is 9.92. The molecule has 1 amide bonds. The fourth-order valence-electron chi connectivity index (χ4n) is 3.43. The van der Waals surface area contributed by atoms with Gasteiger partial charge in [-0.05, 0) is 36.5 Å². The minimum absolute atomic E-state index is 0.0418. The Labute approximate surface area is 156 Å². The lowest BCUT2D eigenvalue weighted by molar-refractivity contribution is 0.102. The summed E-state index contributed by atoms with van der Waals surface area (Å²) in [4.78, 5) is 19.1. The third kappa shape index (κ3) is 4.77. The van der Waals surface area contributed by atoms with E-state index in [0.29, 0.717) is 17.0 Å². The van der Waals surface area contributed by atoms with Crippen LogP contribution in [0, 0.1) is 17.7 Å². The smallest absolute Gasteiger partial charge is 0.260 e. The highest BCUT2D eigenvalue weighted by Crippen LogP contribution is 2.24. The van der Waals surface area contributed by atoms with Gasteiger partial charge in [-0.25, -0.2) is 9.37 Å². The Bertz CT molecular complexity index is 757. The Balaban J connectivity index is 1.62. The predicted molar refractivity (Wildman–Crippen MR) is 99.7 cm³/mol. The molecule has 4 nitrogen and oxygen atoms in total. The number of piperidine rings is 1. The van der Waals surface area contributed by atoms with Crippen LogP contribution in [0.5, 0.6) is 0 Å². The van der Waals surface area contributed by atoms with Crippen molar-refractivity contribution in [2.75, 3.05) is 18.4 Å². The molecule has 2 atom stereocenters. The van der Waals surface area contributed by atoms with Crippen LogP contribution in [0.3, 0.4) is 0 Å². The fraction of sp³-hybridized carbons (Fsp3) is 0.444. The van der Waals surface area contributed by atoms with Crippen LogP contribution in [-0.4, -0.2) is 28.9 Å². The summed E-state index contributed by atoms with van der Waals surface area (Å²) in [5.74, 6) is 0.220. The molecule has 0 spiro atoms. The number of carbonyl (C=O) groups excluding carboxylic acids is 1. The number of halogens is 2. The first kappa shape index (κ1) is 18.3. The van der Waals surface area contributed by atoms with Crippen LogP contribution >= 0.6 is 22.9 Å². The number of carbonyl (C=O) groups is 1. The predicted octanol–water partition coefficient (Wildman–Crippen LogP) is 4.67. The summed E-state index contributed by atoms with van der Waals surface area (Å²) in [7, 11) is 0. The van der Waals surface area contributed by atoms with Gasteiger partial charge in [0, 0.05) is 30.0 Å². The summed E-state index contributed by atoms with van der Waals surface area (Å²) >= 11 is 7.07. The molecule has 3 rings (SSSR count). The Morgan fingerprint density at radius 2 is 2.12 bits per heavy atom. The van der Waals surface area contributed by atoms with Crippen LogP contribution in [0.1, 0.15) is 36.3 Å². The number of amides is 1. The molecular formula is C18H21ClFN3OS. The average Bonchev–Trinajstić information content (AvgIpc) is 2.92. The van der Waals surface area contributed by atoms with E-state index in [4.69, 9.17) is 11.6 Å². The molecule has 2 heterocycles. The van der Waals surface area contributed by atoms with Crippen LogP contribution in [0.4, 0.5) is 9.52 Å². The molecular weight excluding hydrogens is 361 g/mol. The monoisotopic (exact) mass is 381 g/mol. The summed E-state index contributed by atoms with van der Waals surface area (Å²) < 4.78 is 13.8. The van der Waals surface area contributed by atoms with Crippen molar-refractivity contribution in [3.05, 3.63) is 45.7 Å². The topological polar surface area (TPSA) is 45.2 Å². The van der Waals surface area contributed by atoms with Crippen molar-refractivity contribution >= 4 is 34.0 Å². The third-order valence-electron chi connectivity index (χ3n) is 4.28. The second kappa shape index (κ2) is 7.81. The molecule has 2 aromatic rings. The normalized spacial score (nSPS) is 21.3. The average molecular weight is 382 g/mol. The SMILES string of the molecule is C[C@H]1C[C@H](C)CN(Cc2csc(NC(=O)c3ccc(Cl)cc3F)n2)C1. The van der Waals surface area contributed by atoms with Gasteiger partial charge in [0.25, 0.3) is 5.91 Å². The Morgan fingerprint density at radius 3 is 2.80 bits per heavy atom. The van der Waals surface area contributed by atoms with E-state index in [2.05, 4.69) is 29.0 Å². The number of thiazole rings is 1. The zero-order valence-corrected chi connectivity index (χ0v) is 15.8. The summed E-state index contributed by atoms with van der Waals surface area (Å²) in [5.41, 5.74) is 0.887. The zero-order chi connectivity index (χ0) is 18.0. The van der Waals surface area contributed by atoms with E-state index < -0.39 is 11.7 Å². The lowest BCUT2D eigenvalue weighted by Crippen LogP contribution is -2.38. The van der Waals surface area contributed by atoms with Gasteiger partial charge >= 0.3 is 0 Å². The number of hydrogen-bond acceptors (Lipinski definition) is 4. The largest absolute Gasteiger partial charge is 0.298 e. The Hall–Kier alpha value is -1.50. The molecule has 0 bridgehead atoms. The highest BCUT2D eigenvalue weighted by molar-refractivity contribution is 7.13. The maximum absolute atomic E-state index is 13.8. The van der Waals surface area contributed by atoms with E-state index in [1.54, 1.807) is 0 Å². The maximum atomic E-state index is 13.8. The molecule has 0 aliphatic carbocycles. The summed E-state index contributed by atoms with van der Waals surface area (Å²) in [6.45, 7) is 7.46. The number of nitrogens with zero attached hydrogens (tertiary/aromatic N) is 2. The maximum Gasteiger partial charge on any atom is 0.260 e. The third-order valence-corrected chi connectivity index (χ3v) is 5.32. The molecule has 0 saturated carbocycles. The zero-order valence-electron chi connectivity index (χ0n) is 14.3. The first-order valence-corrected chi connectivity index (χ1v) is 9.59. The minimum Gasteiger partial charge on any atom is -0.298 e. The fourth-order valence-corrected chi connectivity index (χ4v) is 4.28. The van der Waals surface area contributed by atoms with Crippen molar-refractivity contribution < 1.29 is 9.18 Å². The first-order valence-electron chi connectivity index (χ1n) is 8.34. The highest BCUT2D eigenvalue weighted by atomic mass is 35.5. The second-order valence-corrected chi connectivity index (χ2v) is 8.16. The molecule has 0 unspecified atom stereocenters. The lowest BCUT2D eigenvalue weighted by Gasteiger charge is -2.34. The van der Waals surface area contributed by atoms with Gasteiger partial charge in [-0.2, -0.15) is 0 Å². The number of likely N-dealkylation sites (tertiary alicyclic amines) is 1. The summed E-state index contributed by atoms with van der Waals surface area (Å²) in [6.07, 6.45) is 1.27. The van der Waals surface area contributed by atoms with Crippen molar-refractivity contribution in [2.45, 2.75) is 26.8 Å². The minimum atomic E-state index is -0.641. The van der Waals surface area contributed by atoms with Crippen LogP contribution in [-0.2, 0) is 6.54 Å². The number of benzene rings is 1. The number of aromatic nitrogens is 1. The number of hydrogen-bond donors (Lipinski definition) is 1. The van der Waals surface area contributed by atoms with Crippen LogP contribution < -0.4 is 5.32 Å². The van der Waals surface area contributed by atoms with E-state index in [9.17, 15) is 9.18 Å². The molecule has 0 radical (unpaired) electrons. The Morgan fingerprint density at radius 1 is 1.40 bits per heavy atom. The summed E-state index contributed by atoms with van der Waals surface area (Å²) in [5, 5.41) is 5.34. The highest BCUT2D eigenvalue weighted by Gasteiger charge is 2.22. The summed E-state index contributed by atoms with van der Waals surface area (Å²) in [6, 6.07) is 3.99. The van der Waals surface area contributed by atoms with Gasteiger partial charge in [-0.15, -0.1) is 11.3 Å². The molecule has 1 aliphatic rings. The molecule has 134 valence electrons. The number of anilines is 1. The van der Waals surface area contributed by atoms with E-state index in [1.165, 1.54) is 29.9 Å². The van der Waals surface area contributed by atoms with Gasteiger partial charge in [-0.3, -0.25) is 15.0 Å². The standard InChI is InChI=1S/C18H21ClFN3OS/c1-11-5-12(2)8-23(7-11)9-14-10-25-18(21-14)22-17(24)15-4-3-13(19)6-16(15)20/h3-4,6,10-12H,5,7-9H2,1-2H3,(H,21,22,24)/t11-,12-/m0/s1. The first-order chi connectivity index (χ1) is 11.9. The van der Waals surface area contributed by atoms with Crippen molar-refractivity contribution in [3.63, 3.8) is 0 Å². The van der Waals surface area contributed by atoms with Gasteiger partial charge in [0.15, 0.2) is 5.13 Å². The van der Waals surface area contributed by atoms with Crippen molar-refractivity contribution in [3.8, 4) is 0 Å². The molecule has 1 saturated heterocycles. The van der Waals surface area contributed by atoms with E-state index >= 15 is 0 Å². The van der Waals surface area contributed by atoms with Crippen LogP contribution in [0.15, 0.2) is 23.6 Å². The van der Waals surface area contributed by atoms with Crippen molar-refractivity contribution in [1.29, 1.82) is 0 Å². The van der Waals surface area contributed by atoms with Gasteiger partial charge in [-0.1, -0.05) is 25.4 Å². The van der Waals surface area contributed by atoms with Crippen molar-refractivity contribution in [2.24, 2.45) is 11.8 Å². The van der Waals surface area contributed by atoms with Gasteiger partial charge in [0.05, 0.1) is 11.3 Å². The molecule has 25 heavy (non-hydrogen) atoms. The van der Waals surface area contributed by atoms with Gasteiger partial charge < -0.3 is 0 Å². The van der Waals surface area contributed by atoms with Crippen LogP contribution in [0.2, 0.25) is 5.02 Å². The van der Waals surface area contributed by atoms with Gasteiger partial charge in [0.1, 0.15) is 5.82 Å². The second-order valence-electron chi connectivity index (χ2n) is 6.86. The molecule has 1 N–H and O–H groups in total. The van der Waals surface area contributed by atoms with Gasteiger partial charge in [0.2, 0.25) is 0 Å².